The lowest BCUT2D eigenvalue weighted by molar-refractivity contribution is -0.161. The molecule has 0 saturated carbocycles. The molecule has 0 aromatic heterocycles. The predicted molar refractivity (Wildman–Crippen MR) is 94.6 cm³/mol. The van der Waals surface area contributed by atoms with Gasteiger partial charge in [0, 0.05) is 0 Å². The lowest BCUT2D eigenvalue weighted by Crippen LogP contribution is -2.54. The molecule has 7 heteroatoms. The predicted octanol–water partition coefficient (Wildman–Crippen LogP) is 1.83. The molecule has 126 valence electrons. The molecule has 0 unspecified atom stereocenters. The van der Waals surface area contributed by atoms with E-state index in [1.165, 1.54) is 10.4 Å². The summed E-state index contributed by atoms with van der Waals surface area (Å²) in [7, 11) is 0. The van der Waals surface area contributed by atoms with E-state index in [9.17, 15) is 0 Å². The lowest BCUT2D eigenvalue weighted by atomic mass is 10.1. The minimum absolute atomic E-state index is 0.143. The fourth-order valence-electron chi connectivity index (χ4n) is 2.56. The normalized spacial score (nSPS) is 16.7. The van der Waals surface area contributed by atoms with Crippen molar-refractivity contribution in [2.75, 3.05) is 13.2 Å². The Morgan fingerprint density at radius 3 is 2.54 bits per heavy atom. The van der Waals surface area contributed by atoms with E-state index >= 15 is 0 Å². The van der Waals surface area contributed by atoms with Gasteiger partial charge in [-0.15, -0.1) is 0 Å². The Kier molecular flexibility index (Phi) is 4.26. The van der Waals surface area contributed by atoms with Gasteiger partial charge < -0.3 is 16.2 Å². The van der Waals surface area contributed by atoms with E-state index in [0.29, 0.717) is 13.2 Å². The molecule has 1 heterocycles. The molecule has 3 rings (SSSR count). The van der Waals surface area contributed by atoms with Crippen molar-refractivity contribution in [2.45, 2.75) is 19.5 Å². The second kappa shape index (κ2) is 6.37. The maximum atomic E-state index is 5.85. The fraction of sp³-hybridized carbons (Fsp3) is 0.294. The molecule has 0 bridgehead atoms. The van der Waals surface area contributed by atoms with Gasteiger partial charge in [-0.3, -0.25) is 4.84 Å². The van der Waals surface area contributed by atoms with Crippen molar-refractivity contribution in [2.24, 2.45) is 21.5 Å². The maximum Gasteiger partial charge on any atom is 0.226 e. The third-order valence-electron chi connectivity index (χ3n) is 3.62. The number of hydroxylamine groups is 2. The molecule has 0 atom stereocenters. The zero-order valence-electron chi connectivity index (χ0n) is 13.8. The quantitative estimate of drug-likeness (QED) is 0.816. The Balaban J connectivity index is 1.56. The van der Waals surface area contributed by atoms with Gasteiger partial charge in [0.2, 0.25) is 11.9 Å². The van der Waals surface area contributed by atoms with Crippen LogP contribution in [0.4, 0.5) is 0 Å². The molecule has 1 aliphatic heterocycles. The van der Waals surface area contributed by atoms with E-state index in [1.807, 2.05) is 44.2 Å². The molecule has 2 aromatic carbocycles. The van der Waals surface area contributed by atoms with Crippen molar-refractivity contribution in [3.8, 4) is 5.75 Å². The topological polar surface area (TPSA) is 98.5 Å². The first-order chi connectivity index (χ1) is 11.5. The minimum atomic E-state index is -0.709. The second-order valence-corrected chi connectivity index (χ2v) is 5.92. The second-order valence-electron chi connectivity index (χ2n) is 5.92. The van der Waals surface area contributed by atoms with E-state index in [4.69, 9.17) is 21.0 Å². The Labute approximate surface area is 140 Å². The summed E-state index contributed by atoms with van der Waals surface area (Å²) in [5.74, 6) is 1.11. The highest BCUT2D eigenvalue weighted by Crippen LogP contribution is 2.21. The van der Waals surface area contributed by atoms with Crippen molar-refractivity contribution in [3.05, 3.63) is 42.5 Å². The van der Waals surface area contributed by atoms with Crippen LogP contribution in [0.5, 0.6) is 5.75 Å². The lowest BCUT2D eigenvalue weighted by Gasteiger charge is -2.36. The van der Waals surface area contributed by atoms with Crippen molar-refractivity contribution in [1.29, 1.82) is 0 Å². The number of ether oxygens (including phenoxy) is 1. The SMILES string of the molecule is CC1(C)N=C(N)N=C(N)N1OCCOc1ccc2ccccc2c1. The number of aliphatic imine (C=N–C) groups is 2. The van der Waals surface area contributed by atoms with E-state index in [-0.39, 0.29) is 11.9 Å². The van der Waals surface area contributed by atoms with Crippen LogP contribution in [-0.4, -0.2) is 35.9 Å². The number of benzene rings is 2. The smallest absolute Gasteiger partial charge is 0.226 e. The third-order valence-corrected chi connectivity index (χ3v) is 3.62. The van der Waals surface area contributed by atoms with E-state index in [1.54, 1.807) is 0 Å². The van der Waals surface area contributed by atoms with Crippen LogP contribution in [0.2, 0.25) is 0 Å². The summed E-state index contributed by atoms with van der Waals surface area (Å²) in [4.78, 5) is 13.8. The van der Waals surface area contributed by atoms with Crippen LogP contribution in [0.15, 0.2) is 52.4 Å². The summed E-state index contributed by atoms with van der Waals surface area (Å²) in [6.45, 7) is 4.36. The summed E-state index contributed by atoms with van der Waals surface area (Å²) in [5.41, 5.74) is 10.8. The number of rotatable bonds is 5. The molecule has 0 amide bonds. The van der Waals surface area contributed by atoms with Gasteiger partial charge in [0.05, 0.1) is 0 Å². The largest absolute Gasteiger partial charge is 0.491 e. The molecule has 2 aromatic rings. The number of nitrogens with two attached hydrogens (primary N) is 2. The molecular formula is C17H21N5O2. The molecule has 1 aliphatic rings. The van der Waals surface area contributed by atoms with Gasteiger partial charge >= 0.3 is 0 Å². The van der Waals surface area contributed by atoms with E-state index < -0.39 is 5.66 Å². The summed E-state index contributed by atoms with van der Waals surface area (Å²) in [5, 5.41) is 3.75. The zero-order chi connectivity index (χ0) is 17.2. The summed E-state index contributed by atoms with van der Waals surface area (Å²) in [6.07, 6.45) is 0. The number of guanidine groups is 2. The molecular weight excluding hydrogens is 306 g/mol. The monoisotopic (exact) mass is 327 g/mol. The number of nitrogens with zero attached hydrogens (tertiary/aromatic N) is 3. The van der Waals surface area contributed by atoms with Gasteiger partial charge in [0.15, 0.2) is 5.66 Å². The molecule has 0 saturated heterocycles. The average Bonchev–Trinajstić information content (AvgIpc) is 2.52. The molecule has 0 radical (unpaired) electrons. The first kappa shape index (κ1) is 16.1. The summed E-state index contributed by atoms with van der Waals surface area (Å²) < 4.78 is 5.74. The van der Waals surface area contributed by atoms with Crippen molar-refractivity contribution < 1.29 is 9.57 Å². The first-order valence-electron chi connectivity index (χ1n) is 7.70. The third kappa shape index (κ3) is 3.41. The Hall–Kier alpha value is -2.80. The van der Waals surface area contributed by atoms with Gasteiger partial charge in [-0.25, -0.2) is 4.99 Å². The maximum absolute atomic E-state index is 5.85. The fourth-order valence-corrected chi connectivity index (χ4v) is 2.56. The van der Waals surface area contributed by atoms with Crippen LogP contribution in [-0.2, 0) is 4.84 Å². The standard InChI is InChI=1S/C17H21N5O2/c1-17(2)21-15(18)20-16(19)22(17)24-10-9-23-14-8-7-12-5-3-4-6-13(12)11-14/h3-8,11H,9-10H2,1-2H3,(H4,18,19,20,21). The van der Waals surface area contributed by atoms with Crippen molar-refractivity contribution >= 4 is 22.7 Å². The molecule has 0 aliphatic carbocycles. The van der Waals surface area contributed by atoms with Crippen molar-refractivity contribution in [1.82, 2.24) is 5.06 Å². The molecule has 24 heavy (non-hydrogen) atoms. The molecule has 0 fully saturated rings. The highest BCUT2D eigenvalue weighted by Gasteiger charge is 2.32. The van der Waals surface area contributed by atoms with Crippen molar-refractivity contribution in [3.63, 3.8) is 0 Å². The van der Waals surface area contributed by atoms with E-state index in [2.05, 4.69) is 22.1 Å². The Bertz CT molecular complexity index is 800. The number of hydrogen-bond acceptors (Lipinski definition) is 7. The van der Waals surface area contributed by atoms with Gasteiger partial charge in [-0.1, -0.05) is 30.3 Å². The number of fused-ring (bicyclic) bond motifs is 1. The van der Waals surface area contributed by atoms with Crippen LogP contribution >= 0.6 is 0 Å². The van der Waals surface area contributed by atoms with Gasteiger partial charge in [-0.2, -0.15) is 10.1 Å². The van der Waals surface area contributed by atoms with Crippen LogP contribution in [0.25, 0.3) is 10.8 Å². The molecule has 4 N–H and O–H groups in total. The molecule has 0 spiro atoms. The Morgan fingerprint density at radius 1 is 1.04 bits per heavy atom. The highest BCUT2D eigenvalue weighted by atomic mass is 16.7. The highest BCUT2D eigenvalue weighted by molar-refractivity contribution is 5.95. The average molecular weight is 327 g/mol. The first-order valence-corrected chi connectivity index (χ1v) is 7.70. The Morgan fingerprint density at radius 2 is 1.79 bits per heavy atom. The van der Waals surface area contributed by atoms with Crippen LogP contribution < -0.4 is 16.2 Å². The van der Waals surface area contributed by atoms with Gasteiger partial charge in [0.1, 0.15) is 19.0 Å². The van der Waals surface area contributed by atoms with Crippen LogP contribution in [0, 0.1) is 0 Å². The number of hydrogen-bond donors (Lipinski definition) is 2. The van der Waals surface area contributed by atoms with Gasteiger partial charge in [-0.05, 0) is 36.8 Å². The van der Waals surface area contributed by atoms with Crippen LogP contribution in [0.3, 0.4) is 0 Å². The van der Waals surface area contributed by atoms with E-state index in [0.717, 1.165) is 11.1 Å². The summed E-state index contributed by atoms with van der Waals surface area (Å²) in [6, 6.07) is 14.1. The van der Waals surface area contributed by atoms with Crippen LogP contribution in [0.1, 0.15) is 13.8 Å². The summed E-state index contributed by atoms with van der Waals surface area (Å²) >= 11 is 0. The molecule has 7 nitrogen and oxygen atoms in total. The minimum Gasteiger partial charge on any atom is -0.491 e. The van der Waals surface area contributed by atoms with Gasteiger partial charge in [0.25, 0.3) is 0 Å². The zero-order valence-corrected chi connectivity index (χ0v) is 13.8.